The molecule has 0 saturated carbocycles. The van der Waals surface area contributed by atoms with Gasteiger partial charge in [-0.1, -0.05) is 98.2 Å². The average Bonchev–Trinajstić information content (AvgIpc) is 3.19. The van der Waals surface area contributed by atoms with Gasteiger partial charge in [0.05, 0.1) is 50.8 Å². The van der Waals surface area contributed by atoms with Crippen LogP contribution in [0.25, 0.3) is 32.3 Å². The summed E-state index contributed by atoms with van der Waals surface area (Å²) in [4.78, 5) is 4.70. The Labute approximate surface area is 332 Å². The van der Waals surface area contributed by atoms with E-state index >= 15 is 0 Å². The van der Waals surface area contributed by atoms with E-state index in [9.17, 15) is 10.5 Å². The summed E-state index contributed by atoms with van der Waals surface area (Å²) in [6.45, 7) is 18.7. The molecule has 0 N–H and O–H groups in total. The standard InChI is InChI=1S/C50H46N4Si2/c1-33-29-47(53(37-13-9-35(31-51)10-14-37)39-17-21-41(22-18-39)55(3,4)5)45-28-26-44-34(2)30-48(46-27-25-43(33)49(45)50(44)46)54(38-15-11-36(32-52)12-16-38)40-19-23-42(24-20-40)56(6,7)8/h9-30H,1-8H3. The molecule has 8 aromatic rings. The highest BCUT2D eigenvalue weighted by molar-refractivity contribution is 6.89. The predicted molar refractivity (Wildman–Crippen MR) is 244 cm³/mol. The molecule has 0 atom stereocenters. The SMILES string of the molecule is Cc1cc(N(c2ccc(C#N)cc2)c2ccc([Si](C)(C)C)cc2)c2ccc3c(C)cc(N(c4ccc(C#N)cc4)c4ccc([Si](C)(C)C)cc4)c4ccc1c2c34. The minimum absolute atomic E-state index is 0.638. The Morgan fingerprint density at radius 3 is 0.964 bits per heavy atom. The van der Waals surface area contributed by atoms with E-state index in [1.165, 1.54) is 53.8 Å². The van der Waals surface area contributed by atoms with Crippen molar-refractivity contribution in [2.75, 3.05) is 9.80 Å². The predicted octanol–water partition coefficient (Wildman–Crippen LogP) is 13.0. The molecule has 0 aliphatic heterocycles. The van der Waals surface area contributed by atoms with Crippen LogP contribution in [0.15, 0.2) is 133 Å². The number of hydrogen-bond acceptors (Lipinski definition) is 4. The second-order valence-corrected chi connectivity index (χ2v) is 27.2. The van der Waals surface area contributed by atoms with Crippen molar-refractivity contribution in [3.05, 3.63) is 156 Å². The van der Waals surface area contributed by atoms with E-state index in [4.69, 9.17) is 0 Å². The van der Waals surface area contributed by atoms with Gasteiger partial charge in [0.1, 0.15) is 0 Å². The molecule has 8 aromatic carbocycles. The normalized spacial score (nSPS) is 11.9. The molecular formula is C50H46N4Si2. The second-order valence-electron chi connectivity index (χ2n) is 17.1. The van der Waals surface area contributed by atoms with Crippen molar-refractivity contribution in [1.82, 2.24) is 0 Å². The van der Waals surface area contributed by atoms with Gasteiger partial charge in [-0.15, -0.1) is 0 Å². The first-order chi connectivity index (χ1) is 26.8. The van der Waals surface area contributed by atoms with Crippen molar-refractivity contribution in [1.29, 1.82) is 10.5 Å². The van der Waals surface area contributed by atoms with Gasteiger partial charge in [-0.05, 0) is 131 Å². The lowest BCUT2D eigenvalue weighted by Gasteiger charge is -2.31. The molecule has 56 heavy (non-hydrogen) atoms. The van der Waals surface area contributed by atoms with Crippen LogP contribution >= 0.6 is 0 Å². The minimum atomic E-state index is -1.52. The Morgan fingerprint density at radius 1 is 0.393 bits per heavy atom. The van der Waals surface area contributed by atoms with Crippen LogP contribution in [0.1, 0.15) is 22.3 Å². The molecule has 6 heteroatoms. The fourth-order valence-electron chi connectivity index (χ4n) is 8.12. The summed E-state index contributed by atoms with van der Waals surface area (Å²) in [7, 11) is -3.03. The largest absolute Gasteiger partial charge is 0.310 e. The molecule has 8 rings (SSSR count). The Kier molecular flexibility index (Phi) is 9.08. The Hall–Kier alpha value is -6.19. The molecule has 0 radical (unpaired) electrons. The lowest BCUT2D eigenvalue weighted by molar-refractivity contribution is 1.29. The van der Waals surface area contributed by atoms with Crippen molar-refractivity contribution < 1.29 is 0 Å². The summed E-state index contributed by atoms with van der Waals surface area (Å²) in [5, 5.41) is 29.4. The lowest BCUT2D eigenvalue weighted by Crippen LogP contribution is -2.37. The highest BCUT2D eigenvalue weighted by Gasteiger charge is 2.25. The first-order valence-electron chi connectivity index (χ1n) is 19.3. The molecule has 0 aliphatic rings. The van der Waals surface area contributed by atoms with E-state index in [1.54, 1.807) is 0 Å². The fourth-order valence-corrected chi connectivity index (χ4v) is 10.4. The molecule has 0 bridgehead atoms. The number of anilines is 6. The molecule has 0 aromatic heterocycles. The maximum absolute atomic E-state index is 9.67. The Morgan fingerprint density at radius 2 is 0.679 bits per heavy atom. The number of benzene rings is 8. The number of hydrogen-bond donors (Lipinski definition) is 0. The summed E-state index contributed by atoms with van der Waals surface area (Å²) in [6.07, 6.45) is 0. The van der Waals surface area contributed by atoms with E-state index in [1.807, 2.05) is 24.3 Å². The third kappa shape index (κ3) is 6.41. The fraction of sp³-hybridized carbons (Fsp3) is 0.160. The summed E-state index contributed by atoms with van der Waals surface area (Å²) in [6, 6.07) is 52.5. The Bertz CT molecular complexity index is 2630. The van der Waals surface area contributed by atoms with Gasteiger partial charge in [-0.2, -0.15) is 10.5 Å². The van der Waals surface area contributed by atoms with Crippen LogP contribution in [0.3, 0.4) is 0 Å². The van der Waals surface area contributed by atoms with Gasteiger partial charge in [-0.3, -0.25) is 0 Å². The number of nitriles is 2. The quantitative estimate of drug-likeness (QED) is 0.114. The van der Waals surface area contributed by atoms with Crippen LogP contribution in [-0.4, -0.2) is 16.1 Å². The minimum Gasteiger partial charge on any atom is -0.310 e. The van der Waals surface area contributed by atoms with Crippen molar-refractivity contribution in [3.8, 4) is 12.1 Å². The van der Waals surface area contributed by atoms with Gasteiger partial charge in [0.2, 0.25) is 0 Å². The monoisotopic (exact) mass is 758 g/mol. The molecular weight excluding hydrogens is 713 g/mol. The third-order valence-corrected chi connectivity index (χ3v) is 15.4. The molecule has 4 nitrogen and oxygen atoms in total. The molecule has 0 spiro atoms. The molecule has 274 valence electrons. The van der Waals surface area contributed by atoms with E-state index in [0.29, 0.717) is 11.1 Å². The van der Waals surface area contributed by atoms with Gasteiger partial charge >= 0.3 is 0 Å². The summed E-state index contributed by atoms with van der Waals surface area (Å²) in [5.74, 6) is 0. The van der Waals surface area contributed by atoms with Gasteiger partial charge in [0, 0.05) is 33.5 Å². The Balaban J connectivity index is 1.41. The van der Waals surface area contributed by atoms with Gasteiger partial charge in [0.25, 0.3) is 0 Å². The topological polar surface area (TPSA) is 54.1 Å². The van der Waals surface area contributed by atoms with Gasteiger partial charge in [0.15, 0.2) is 0 Å². The number of rotatable bonds is 8. The summed E-state index contributed by atoms with van der Waals surface area (Å²) in [5.41, 5.74) is 10.1. The first-order valence-corrected chi connectivity index (χ1v) is 26.3. The van der Waals surface area contributed by atoms with Gasteiger partial charge in [-0.25, -0.2) is 0 Å². The van der Waals surface area contributed by atoms with Crippen molar-refractivity contribution in [2.24, 2.45) is 0 Å². The van der Waals surface area contributed by atoms with Crippen molar-refractivity contribution in [2.45, 2.75) is 53.1 Å². The summed E-state index contributed by atoms with van der Waals surface area (Å²) >= 11 is 0. The zero-order valence-electron chi connectivity index (χ0n) is 33.5. The maximum Gasteiger partial charge on any atom is 0.0991 e. The highest BCUT2D eigenvalue weighted by atomic mass is 28.3. The van der Waals surface area contributed by atoms with Crippen LogP contribution in [0.5, 0.6) is 0 Å². The van der Waals surface area contributed by atoms with E-state index in [0.717, 1.165) is 34.1 Å². The van der Waals surface area contributed by atoms with Crippen LogP contribution in [0.2, 0.25) is 39.3 Å². The van der Waals surface area contributed by atoms with E-state index in [-0.39, 0.29) is 0 Å². The first kappa shape index (κ1) is 36.8. The van der Waals surface area contributed by atoms with E-state index < -0.39 is 16.1 Å². The smallest absolute Gasteiger partial charge is 0.0991 e. The highest BCUT2D eigenvalue weighted by Crippen LogP contribution is 2.49. The van der Waals surface area contributed by atoms with Crippen molar-refractivity contribution in [3.63, 3.8) is 0 Å². The summed E-state index contributed by atoms with van der Waals surface area (Å²) < 4.78 is 0. The molecule has 0 saturated heterocycles. The van der Waals surface area contributed by atoms with Crippen LogP contribution in [-0.2, 0) is 0 Å². The lowest BCUT2D eigenvalue weighted by atomic mass is 9.88. The van der Waals surface area contributed by atoms with Crippen molar-refractivity contribution >= 4 is 93.0 Å². The van der Waals surface area contributed by atoms with Crippen LogP contribution < -0.4 is 20.2 Å². The molecule has 0 aliphatic carbocycles. The number of nitrogens with zero attached hydrogens (tertiary/aromatic N) is 4. The molecule has 0 fully saturated rings. The van der Waals surface area contributed by atoms with Gasteiger partial charge < -0.3 is 9.80 Å². The second kappa shape index (κ2) is 13.8. The number of aryl methyl sites for hydroxylation is 2. The van der Waals surface area contributed by atoms with Crippen LogP contribution in [0, 0.1) is 36.5 Å². The van der Waals surface area contributed by atoms with Crippen LogP contribution in [0.4, 0.5) is 34.1 Å². The average molecular weight is 759 g/mol. The third-order valence-electron chi connectivity index (χ3n) is 11.2. The molecule has 0 amide bonds. The molecule has 0 heterocycles. The molecule has 0 unspecified atom stereocenters. The van der Waals surface area contributed by atoms with E-state index in [2.05, 4.69) is 184 Å². The zero-order valence-corrected chi connectivity index (χ0v) is 35.5. The maximum atomic E-state index is 9.67. The zero-order chi connectivity index (χ0) is 39.5.